The van der Waals surface area contributed by atoms with Gasteiger partial charge in [0, 0.05) is 43.9 Å². The summed E-state index contributed by atoms with van der Waals surface area (Å²) in [6, 6.07) is 18.8. The van der Waals surface area contributed by atoms with E-state index < -0.39 is 16.1 Å². The third-order valence-corrected chi connectivity index (χ3v) is 7.31. The summed E-state index contributed by atoms with van der Waals surface area (Å²) in [5, 5.41) is 11.0. The minimum Gasteiger partial charge on any atom is -0.390 e. The molecule has 0 aliphatic carbocycles. The van der Waals surface area contributed by atoms with Crippen molar-refractivity contribution in [3.05, 3.63) is 77.5 Å². The Bertz CT molecular complexity index is 1370. The molecule has 3 aromatic rings. The van der Waals surface area contributed by atoms with Crippen LogP contribution in [-0.2, 0) is 23.0 Å². The second kappa shape index (κ2) is 9.96. The molecule has 2 aliphatic heterocycles. The van der Waals surface area contributed by atoms with E-state index in [1.54, 1.807) is 17.0 Å². The molecule has 1 fully saturated rings. The van der Waals surface area contributed by atoms with Crippen LogP contribution in [0.4, 0.5) is 5.82 Å². The number of fused-ring (bicyclic) bond motifs is 1. The second-order valence-corrected chi connectivity index (χ2v) is 11.1. The number of nitrogens with zero attached hydrogens (tertiary/aromatic N) is 4. The molecule has 5 rings (SSSR count). The largest absolute Gasteiger partial charge is 0.390 e. The van der Waals surface area contributed by atoms with Gasteiger partial charge in [0.2, 0.25) is 10.0 Å². The van der Waals surface area contributed by atoms with E-state index in [1.165, 1.54) is 17.2 Å². The summed E-state index contributed by atoms with van der Waals surface area (Å²) >= 11 is 0. The fourth-order valence-corrected chi connectivity index (χ4v) is 5.49. The first-order valence-corrected chi connectivity index (χ1v) is 13.9. The lowest BCUT2D eigenvalue weighted by molar-refractivity contribution is -0.0139. The van der Waals surface area contributed by atoms with Gasteiger partial charge in [-0.1, -0.05) is 54.6 Å². The highest BCUT2D eigenvalue weighted by Crippen LogP contribution is 2.26. The minimum atomic E-state index is -3.60. The molecule has 2 aliphatic rings. The molecule has 1 saturated heterocycles. The number of β-amino-alcohol motifs (C(OH)–C–C–N with tert-alkyl or cyclic N) is 1. The normalized spacial score (nSPS) is 20.6. The summed E-state index contributed by atoms with van der Waals surface area (Å²) < 4.78 is 26.0. The summed E-state index contributed by atoms with van der Waals surface area (Å²) in [5.41, 5.74) is 3.38. The van der Waals surface area contributed by atoms with Gasteiger partial charge in [0.05, 0.1) is 12.4 Å². The van der Waals surface area contributed by atoms with E-state index in [9.17, 15) is 18.3 Å². The van der Waals surface area contributed by atoms with Gasteiger partial charge in [0.15, 0.2) is 5.82 Å². The second-order valence-electron chi connectivity index (χ2n) is 9.37. The number of amides is 1. The zero-order chi connectivity index (χ0) is 25.3. The Morgan fingerprint density at radius 1 is 1.03 bits per heavy atom. The first kappa shape index (κ1) is 24.4. The number of carbonyl (C=O) groups excluding carboxylic acids is 1. The Kier molecular flexibility index (Phi) is 6.74. The van der Waals surface area contributed by atoms with Crippen molar-refractivity contribution in [1.82, 2.24) is 19.8 Å². The van der Waals surface area contributed by atoms with Crippen LogP contribution in [0.1, 0.15) is 28.0 Å². The van der Waals surface area contributed by atoms with E-state index in [0.29, 0.717) is 18.5 Å². The topological polar surface area (TPSA) is 116 Å². The van der Waals surface area contributed by atoms with Crippen LogP contribution in [0.25, 0.3) is 11.4 Å². The smallest absolute Gasteiger partial charge is 0.272 e. The van der Waals surface area contributed by atoms with Gasteiger partial charge in [-0.15, -0.1) is 0 Å². The lowest BCUT2D eigenvalue weighted by atomic mass is 9.94. The average molecular weight is 508 g/mol. The number of sulfonamides is 1. The van der Waals surface area contributed by atoms with Gasteiger partial charge in [0.1, 0.15) is 11.5 Å². The summed E-state index contributed by atoms with van der Waals surface area (Å²) in [7, 11) is -3.60. The number of carbonyl (C=O) groups is 1. The van der Waals surface area contributed by atoms with E-state index in [4.69, 9.17) is 0 Å². The highest BCUT2D eigenvalue weighted by Gasteiger charge is 2.36. The van der Waals surface area contributed by atoms with Crippen molar-refractivity contribution in [3.8, 4) is 11.4 Å². The molecule has 10 heteroatoms. The third-order valence-electron chi connectivity index (χ3n) is 6.73. The van der Waals surface area contributed by atoms with Gasteiger partial charge in [0.25, 0.3) is 5.91 Å². The van der Waals surface area contributed by atoms with Crippen LogP contribution in [0.5, 0.6) is 0 Å². The number of rotatable bonds is 5. The number of hydrogen-bond acceptors (Lipinski definition) is 7. The zero-order valence-corrected chi connectivity index (χ0v) is 20.9. The van der Waals surface area contributed by atoms with E-state index in [0.717, 1.165) is 25.8 Å². The molecule has 0 spiro atoms. The minimum absolute atomic E-state index is 0.0251. The van der Waals surface area contributed by atoms with Gasteiger partial charge < -0.3 is 10.0 Å². The van der Waals surface area contributed by atoms with Crippen LogP contribution < -0.4 is 4.72 Å². The molecule has 2 atom stereocenters. The lowest BCUT2D eigenvalue weighted by Gasteiger charge is -2.43. The molecular formula is C26H29N5O4S. The van der Waals surface area contributed by atoms with E-state index in [-0.39, 0.29) is 35.8 Å². The van der Waals surface area contributed by atoms with Crippen LogP contribution in [0.3, 0.4) is 0 Å². The summed E-state index contributed by atoms with van der Waals surface area (Å²) in [6.07, 6.45) is 1.91. The fourth-order valence-electron chi connectivity index (χ4n) is 5.01. The van der Waals surface area contributed by atoms with Gasteiger partial charge in [-0.25, -0.2) is 18.4 Å². The van der Waals surface area contributed by atoms with E-state index in [1.807, 2.05) is 24.3 Å². The number of aromatic nitrogens is 2. The van der Waals surface area contributed by atoms with Gasteiger partial charge >= 0.3 is 0 Å². The van der Waals surface area contributed by atoms with Crippen molar-refractivity contribution in [1.29, 1.82) is 0 Å². The van der Waals surface area contributed by atoms with E-state index >= 15 is 0 Å². The Hall–Kier alpha value is -3.34. The predicted octanol–water partition coefficient (Wildman–Crippen LogP) is 2.15. The number of anilines is 1. The van der Waals surface area contributed by atoms with Crippen molar-refractivity contribution in [2.45, 2.75) is 31.5 Å². The lowest BCUT2D eigenvalue weighted by Crippen LogP contribution is -2.56. The maximum Gasteiger partial charge on any atom is 0.272 e. The summed E-state index contributed by atoms with van der Waals surface area (Å²) in [4.78, 5) is 26.1. The molecule has 188 valence electrons. The number of piperidine rings is 1. The maximum atomic E-state index is 13.4. The fraction of sp³-hybridized carbons (Fsp3) is 0.346. The first-order chi connectivity index (χ1) is 17.3. The van der Waals surface area contributed by atoms with Crippen LogP contribution in [-0.4, -0.2) is 77.2 Å². The molecule has 0 saturated carbocycles. The van der Waals surface area contributed by atoms with Gasteiger partial charge in [-0.05, 0) is 24.0 Å². The molecular weight excluding hydrogens is 478 g/mol. The summed E-state index contributed by atoms with van der Waals surface area (Å²) in [6.45, 7) is 2.32. The number of aliphatic hydroxyl groups excluding tert-OH is 1. The molecule has 2 N–H and O–H groups in total. The monoisotopic (exact) mass is 507 g/mol. The van der Waals surface area contributed by atoms with Crippen molar-refractivity contribution >= 4 is 21.7 Å². The Morgan fingerprint density at radius 3 is 2.47 bits per heavy atom. The van der Waals surface area contributed by atoms with Crippen molar-refractivity contribution in [2.24, 2.45) is 0 Å². The Morgan fingerprint density at radius 2 is 1.75 bits per heavy atom. The highest BCUT2D eigenvalue weighted by atomic mass is 32.2. The molecule has 1 amide bonds. The first-order valence-electron chi connectivity index (χ1n) is 12.0. The Labute approximate surface area is 210 Å². The summed E-state index contributed by atoms with van der Waals surface area (Å²) in [5.74, 6) is -0.0974. The third kappa shape index (κ3) is 5.40. The number of hydrogen-bond donors (Lipinski definition) is 2. The maximum absolute atomic E-state index is 13.4. The average Bonchev–Trinajstić information content (AvgIpc) is 2.87. The number of aliphatic hydroxyl groups is 1. The number of likely N-dealkylation sites (tertiary alicyclic amines) is 1. The van der Waals surface area contributed by atoms with Crippen LogP contribution in [0.2, 0.25) is 0 Å². The quantitative estimate of drug-likeness (QED) is 0.544. The van der Waals surface area contributed by atoms with Crippen molar-refractivity contribution in [2.75, 3.05) is 30.6 Å². The number of nitrogens with one attached hydrogen (secondary N) is 1. The van der Waals surface area contributed by atoms with Crippen LogP contribution in [0, 0.1) is 0 Å². The SMILES string of the molecule is CS(=O)(=O)Nc1cc(C(=O)N2CC[C@@H](N3CCc4ccccc4C3)[C@H](O)C2)nc(-c2ccccc2)n1. The molecule has 0 unspecified atom stereocenters. The Balaban J connectivity index is 1.34. The molecule has 36 heavy (non-hydrogen) atoms. The highest BCUT2D eigenvalue weighted by molar-refractivity contribution is 7.92. The number of benzene rings is 2. The molecule has 0 radical (unpaired) electrons. The molecule has 3 heterocycles. The van der Waals surface area contributed by atoms with Crippen LogP contribution >= 0.6 is 0 Å². The zero-order valence-electron chi connectivity index (χ0n) is 20.0. The van der Waals surface area contributed by atoms with Crippen LogP contribution in [0.15, 0.2) is 60.7 Å². The molecule has 0 bridgehead atoms. The van der Waals surface area contributed by atoms with Crippen molar-refractivity contribution in [3.63, 3.8) is 0 Å². The molecule has 2 aromatic carbocycles. The standard InChI is InChI=1S/C26H29N5O4S/c1-36(34,35)29-24-15-21(27-25(28-24)19-8-3-2-4-9-19)26(33)31-14-12-22(23(32)17-31)30-13-11-18-7-5-6-10-20(18)16-30/h2-10,15,22-23,32H,11-14,16-17H2,1H3,(H,27,28,29)/t22-,23-/m1/s1. The molecule has 1 aromatic heterocycles. The predicted molar refractivity (Wildman–Crippen MR) is 137 cm³/mol. The van der Waals surface area contributed by atoms with E-state index in [2.05, 4.69) is 37.8 Å². The van der Waals surface area contributed by atoms with Gasteiger partial charge in [-0.2, -0.15) is 0 Å². The van der Waals surface area contributed by atoms with Gasteiger partial charge in [-0.3, -0.25) is 14.4 Å². The molecule has 9 nitrogen and oxygen atoms in total. The van der Waals surface area contributed by atoms with Crippen molar-refractivity contribution < 1.29 is 18.3 Å².